The summed E-state index contributed by atoms with van der Waals surface area (Å²) in [5.41, 5.74) is 16.4. The van der Waals surface area contributed by atoms with E-state index in [1.54, 1.807) is 0 Å². The first-order valence-electron chi connectivity index (χ1n) is 17.6. The van der Waals surface area contributed by atoms with Crippen LogP contribution in [0, 0.1) is 0 Å². The third-order valence-corrected chi connectivity index (χ3v) is 10.1. The van der Waals surface area contributed by atoms with E-state index in [2.05, 4.69) is 124 Å². The van der Waals surface area contributed by atoms with Crippen LogP contribution in [0.4, 0.5) is 0 Å². The van der Waals surface area contributed by atoms with Gasteiger partial charge < -0.3 is 14.7 Å². The van der Waals surface area contributed by atoms with Crippen LogP contribution in [0.3, 0.4) is 0 Å². The monoisotopic (exact) mass is 667 g/mol. The Balaban J connectivity index is 1.19. The molecule has 5 nitrogen and oxygen atoms in total. The predicted octanol–water partition coefficient (Wildman–Crippen LogP) is 10.8. The van der Waals surface area contributed by atoms with E-state index in [1.807, 2.05) is 60.7 Å². The predicted molar refractivity (Wildman–Crippen MR) is 218 cm³/mol. The molecule has 52 heavy (non-hydrogen) atoms. The number of para-hydroxylation sites is 2. The van der Waals surface area contributed by atoms with Crippen LogP contribution in [-0.4, -0.2) is 20.6 Å². The second-order valence-electron chi connectivity index (χ2n) is 13.2. The number of aliphatic imine (C=N–C) groups is 2. The van der Waals surface area contributed by atoms with Crippen molar-refractivity contribution < 1.29 is 0 Å². The van der Waals surface area contributed by atoms with E-state index >= 15 is 0 Å². The van der Waals surface area contributed by atoms with Gasteiger partial charge in [0.2, 0.25) is 0 Å². The lowest BCUT2D eigenvalue weighted by Crippen LogP contribution is -2.16. The molecule has 0 saturated heterocycles. The topological polar surface area (TPSA) is 60.1 Å². The van der Waals surface area contributed by atoms with Gasteiger partial charge in [0.15, 0.2) is 5.84 Å². The Labute approximate surface area is 300 Å². The van der Waals surface area contributed by atoms with E-state index in [4.69, 9.17) is 15.7 Å². The molecule has 0 amide bonds. The van der Waals surface area contributed by atoms with Crippen molar-refractivity contribution in [2.45, 2.75) is 6.54 Å². The fourth-order valence-electron chi connectivity index (χ4n) is 7.82. The van der Waals surface area contributed by atoms with E-state index in [-0.39, 0.29) is 0 Å². The SMILES string of the molecule is NC(=NC(=NCc1cccc(-n2c3ccccc3c3ccc4cc5c6ccccc6c6ccccc6n5c4c32)c1)c1ccccc1)c1ccccc1. The second-order valence-corrected chi connectivity index (χ2v) is 13.2. The lowest BCUT2D eigenvalue weighted by atomic mass is 10.1. The smallest absolute Gasteiger partial charge is 0.157 e. The molecule has 0 fully saturated rings. The van der Waals surface area contributed by atoms with Gasteiger partial charge in [-0.1, -0.05) is 146 Å². The van der Waals surface area contributed by atoms with E-state index in [0.717, 1.165) is 27.9 Å². The Morgan fingerprint density at radius 3 is 1.85 bits per heavy atom. The summed E-state index contributed by atoms with van der Waals surface area (Å²) < 4.78 is 4.90. The van der Waals surface area contributed by atoms with Crippen molar-refractivity contribution in [3.05, 3.63) is 193 Å². The Kier molecular flexibility index (Phi) is 6.96. The highest BCUT2D eigenvalue weighted by Gasteiger charge is 2.20. The molecular formula is C47H33N5. The molecule has 0 atom stereocenters. The van der Waals surface area contributed by atoms with Crippen molar-refractivity contribution in [3.8, 4) is 5.69 Å². The van der Waals surface area contributed by atoms with E-state index < -0.39 is 0 Å². The number of rotatable bonds is 5. The van der Waals surface area contributed by atoms with Crippen molar-refractivity contribution in [2.24, 2.45) is 15.7 Å². The van der Waals surface area contributed by atoms with Crippen molar-refractivity contribution in [1.29, 1.82) is 0 Å². The zero-order valence-corrected chi connectivity index (χ0v) is 28.3. The first kappa shape index (κ1) is 29.9. The normalized spacial score (nSPS) is 12.6. The van der Waals surface area contributed by atoms with Crippen LogP contribution in [0.2, 0.25) is 0 Å². The Morgan fingerprint density at radius 2 is 1.10 bits per heavy atom. The third-order valence-electron chi connectivity index (χ3n) is 10.1. The summed E-state index contributed by atoms with van der Waals surface area (Å²) in [6.45, 7) is 0.445. The molecule has 5 heteroatoms. The maximum Gasteiger partial charge on any atom is 0.157 e. The van der Waals surface area contributed by atoms with Crippen LogP contribution in [-0.2, 0) is 6.54 Å². The van der Waals surface area contributed by atoms with Gasteiger partial charge in [-0.15, -0.1) is 0 Å². The van der Waals surface area contributed by atoms with E-state index in [9.17, 15) is 0 Å². The maximum atomic E-state index is 6.50. The minimum absolute atomic E-state index is 0.436. The molecule has 3 aromatic heterocycles. The van der Waals surface area contributed by atoms with Gasteiger partial charge in [0, 0.05) is 43.7 Å². The number of hydrogen-bond acceptors (Lipinski definition) is 1. The molecule has 7 aromatic carbocycles. The van der Waals surface area contributed by atoms with Gasteiger partial charge in [0.1, 0.15) is 5.84 Å². The third kappa shape index (κ3) is 4.78. The lowest BCUT2D eigenvalue weighted by molar-refractivity contribution is 1.05. The van der Waals surface area contributed by atoms with Gasteiger partial charge in [-0.05, 0) is 41.3 Å². The summed E-state index contributed by atoms with van der Waals surface area (Å²) in [5.74, 6) is 1.04. The summed E-state index contributed by atoms with van der Waals surface area (Å²) in [7, 11) is 0. The van der Waals surface area contributed by atoms with Crippen LogP contribution in [0.1, 0.15) is 16.7 Å². The number of pyridine rings is 1. The van der Waals surface area contributed by atoms with Gasteiger partial charge in [-0.25, -0.2) is 4.99 Å². The van der Waals surface area contributed by atoms with Crippen molar-refractivity contribution >= 4 is 71.6 Å². The molecule has 2 N–H and O–H groups in total. The van der Waals surface area contributed by atoms with Gasteiger partial charge >= 0.3 is 0 Å². The fraction of sp³-hybridized carbons (Fsp3) is 0.0213. The first-order chi connectivity index (χ1) is 25.7. The standard InChI is InChI=1S/C47H33N5/c48-46(32-15-3-1-4-16-32)50-47(33-17-5-2-6-18-33)49-30-31-14-13-19-35(28-31)51-41-24-11-10-23-39(41)40-27-26-34-29-43-38-22-8-7-20-36(38)37-21-9-12-25-42(37)52(43)44(34)45(40)51/h1-29H,30H2,(H2,48,49,50). The molecule has 0 aliphatic heterocycles. The van der Waals surface area contributed by atoms with Crippen LogP contribution >= 0.6 is 0 Å². The molecule has 0 aliphatic carbocycles. The molecule has 0 unspecified atom stereocenters. The van der Waals surface area contributed by atoms with Gasteiger partial charge in [-0.2, -0.15) is 0 Å². The number of fused-ring (bicyclic) bond motifs is 12. The van der Waals surface area contributed by atoms with Gasteiger partial charge in [0.05, 0.1) is 34.1 Å². The van der Waals surface area contributed by atoms with Crippen LogP contribution < -0.4 is 5.73 Å². The van der Waals surface area contributed by atoms with E-state index in [1.165, 1.54) is 54.4 Å². The first-order valence-corrected chi connectivity index (χ1v) is 17.6. The number of nitrogens with two attached hydrogens (primary N) is 1. The molecule has 0 bridgehead atoms. The number of benzene rings is 7. The maximum absolute atomic E-state index is 6.50. The highest BCUT2D eigenvalue weighted by Crippen LogP contribution is 2.41. The van der Waals surface area contributed by atoms with Gasteiger partial charge in [-0.3, -0.25) is 4.99 Å². The van der Waals surface area contributed by atoms with Crippen LogP contribution in [0.25, 0.3) is 65.6 Å². The Bertz CT molecular complexity index is 3040. The molecule has 10 rings (SSSR count). The second kappa shape index (κ2) is 12.1. The zero-order chi connectivity index (χ0) is 34.6. The number of hydrogen-bond donors (Lipinski definition) is 1. The average Bonchev–Trinajstić information content (AvgIpc) is 3.77. The number of aromatic nitrogens is 2. The van der Waals surface area contributed by atoms with Crippen LogP contribution in [0.5, 0.6) is 0 Å². The summed E-state index contributed by atoms with van der Waals surface area (Å²) >= 11 is 0. The minimum atomic E-state index is 0.436. The molecule has 0 radical (unpaired) electrons. The summed E-state index contributed by atoms with van der Waals surface area (Å²) in [4.78, 5) is 9.88. The quantitative estimate of drug-likeness (QED) is 0.111. The van der Waals surface area contributed by atoms with Crippen molar-refractivity contribution in [3.63, 3.8) is 0 Å². The lowest BCUT2D eigenvalue weighted by Gasteiger charge is -2.13. The summed E-state index contributed by atoms with van der Waals surface area (Å²) in [5, 5.41) is 7.41. The van der Waals surface area contributed by atoms with Crippen molar-refractivity contribution in [2.75, 3.05) is 0 Å². The molecule has 246 valence electrons. The van der Waals surface area contributed by atoms with Crippen LogP contribution in [0.15, 0.2) is 186 Å². The molecule has 3 heterocycles. The summed E-state index contributed by atoms with van der Waals surface area (Å²) in [6, 6.07) is 61.8. The largest absolute Gasteiger partial charge is 0.383 e. The molecule has 0 aliphatic rings. The van der Waals surface area contributed by atoms with Gasteiger partial charge in [0.25, 0.3) is 0 Å². The minimum Gasteiger partial charge on any atom is -0.383 e. The highest BCUT2D eigenvalue weighted by atomic mass is 15.0. The molecule has 10 aromatic rings. The molecule has 0 spiro atoms. The highest BCUT2D eigenvalue weighted by molar-refractivity contribution is 6.22. The Hall–Kier alpha value is -6.98. The zero-order valence-electron chi connectivity index (χ0n) is 28.3. The molecular weight excluding hydrogens is 635 g/mol. The summed E-state index contributed by atoms with van der Waals surface area (Å²) in [6.07, 6.45) is 0. The number of nitrogens with zero attached hydrogens (tertiary/aromatic N) is 4. The average molecular weight is 668 g/mol. The van der Waals surface area contributed by atoms with E-state index in [0.29, 0.717) is 18.2 Å². The fourth-order valence-corrected chi connectivity index (χ4v) is 7.82. The number of amidine groups is 2. The molecule has 0 saturated carbocycles. The van der Waals surface area contributed by atoms with Crippen molar-refractivity contribution in [1.82, 2.24) is 8.97 Å². The Morgan fingerprint density at radius 1 is 0.481 bits per heavy atom.